The minimum Gasteiger partial charge on any atom is -0.508 e. The molecule has 1 aromatic rings. The Morgan fingerprint density at radius 1 is 1.56 bits per heavy atom. The van der Waals surface area contributed by atoms with Crippen LogP contribution < -0.4 is 10.6 Å². The van der Waals surface area contributed by atoms with Gasteiger partial charge in [-0.2, -0.15) is 0 Å². The van der Waals surface area contributed by atoms with Gasteiger partial charge in [-0.1, -0.05) is 12.1 Å². The fourth-order valence-electron chi connectivity index (χ4n) is 1.91. The number of aromatic hydroxyl groups is 1. The molecule has 0 aliphatic carbocycles. The molecule has 0 unspecified atom stereocenters. The molecule has 0 radical (unpaired) electrons. The van der Waals surface area contributed by atoms with Gasteiger partial charge < -0.3 is 15.7 Å². The Labute approximate surface area is 94.7 Å². The van der Waals surface area contributed by atoms with E-state index in [0.29, 0.717) is 6.42 Å². The van der Waals surface area contributed by atoms with Crippen LogP contribution in [0.5, 0.6) is 5.75 Å². The fraction of sp³-hybridized carbons (Fsp3) is 0.417. The fourth-order valence-corrected chi connectivity index (χ4v) is 1.91. The SMILES string of the molecule is O=C(Cc1cccc(O)c1)N[C@H]1CCNC1. The first-order valence-electron chi connectivity index (χ1n) is 5.52. The van der Waals surface area contributed by atoms with Crippen LogP contribution in [-0.4, -0.2) is 30.1 Å². The van der Waals surface area contributed by atoms with Crippen molar-refractivity contribution in [1.29, 1.82) is 0 Å². The van der Waals surface area contributed by atoms with E-state index in [-0.39, 0.29) is 17.7 Å². The van der Waals surface area contributed by atoms with Gasteiger partial charge in [0.1, 0.15) is 5.75 Å². The molecule has 4 nitrogen and oxygen atoms in total. The van der Waals surface area contributed by atoms with E-state index in [4.69, 9.17) is 0 Å². The quantitative estimate of drug-likeness (QED) is 0.691. The molecule has 1 saturated heterocycles. The lowest BCUT2D eigenvalue weighted by molar-refractivity contribution is -0.121. The summed E-state index contributed by atoms with van der Waals surface area (Å²) in [5.74, 6) is 0.215. The summed E-state index contributed by atoms with van der Waals surface area (Å²) in [6.07, 6.45) is 1.32. The summed E-state index contributed by atoms with van der Waals surface area (Å²) in [7, 11) is 0. The Bertz CT molecular complexity index is 373. The minimum absolute atomic E-state index is 0.0132. The zero-order valence-corrected chi connectivity index (χ0v) is 9.07. The van der Waals surface area contributed by atoms with Crippen LogP contribution in [-0.2, 0) is 11.2 Å². The molecule has 1 aromatic carbocycles. The lowest BCUT2D eigenvalue weighted by Crippen LogP contribution is -2.37. The third kappa shape index (κ3) is 2.97. The molecule has 0 bridgehead atoms. The molecular weight excluding hydrogens is 204 g/mol. The molecule has 4 heteroatoms. The van der Waals surface area contributed by atoms with Gasteiger partial charge in [-0.25, -0.2) is 0 Å². The second-order valence-electron chi connectivity index (χ2n) is 4.10. The first-order valence-corrected chi connectivity index (χ1v) is 5.52. The normalized spacial score (nSPS) is 19.6. The van der Waals surface area contributed by atoms with Gasteiger partial charge in [-0.15, -0.1) is 0 Å². The molecular formula is C12H16N2O2. The zero-order valence-electron chi connectivity index (χ0n) is 9.07. The molecule has 1 heterocycles. The number of carbonyl (C=O) groups is 1. The molecule has 2 rings (SSSR count). The van der Waals surface area contributed by atoms with E-state index in [1.54, 1.807) is 18.2 Å². The Hall–Kier alpha value is -1.55. The number of phenolic OH excluding ortho intramolecular Hbond substituents is 1. The van der Waals surface area contributed by atoms with Crippen molar-refractivity contribution in [3.8, 4) is 5.75 Å². The van der Waals surface area contributed by atoms with Gasteiger partial charge in [0, 0.05) is 12.6 Å². The van der Waals surface area contributed by atoms with Crippen molar-refractivity contribution in [3.05, 3.63) is 29.8 Å². The van der Waals surface area contributed by atoms with E-state index in [2.05, 4.69) is 10.6 Å². The second kappa shape index (κ2) is 4.99. The standard InChI is InChI=1S/C12H16N2O2/c15-11-3-1-2-9(6-11)7-12(16)14-10-4-5-13-8-10/h1-3,6,10,13,15H,4-5,7-8H2,(H,14,16)/t10-/m0/s1. The minimum atomic E-state index is 0.0132. The van der Waals surface area contributed by atoms with E-state index >= 15 is 0 Å². The molecule has 1 aliphatic rings. The van der Waals surface area contributed by atoms with Crippen LogP contribution in [0.4, 0.5) is 0 Å². The van der Waals surface area contributed by atoms with E-state index in [1.165, 1.54) is 0 Å². The highest BCUT2D eigenvalue weighted by Gasteiger charge is 2.16. The Kier molecular flexibility index (Phi) is 3.41. The summed E-state index contributed by atoms with van der Waals surface area (Å²) >= 11 is 0. The van der Waals surface area contributed by atoms with E-state index in [9.17, 15) is 9.90 Å². The molecule has 86 valence electrons. The van der Waals surface area contributed by atoms with Gasteiger partial charge in [0.15, 0.2) is 0 Å². The molecule has 0 spiro atoms. The van der Waals surface area contributed by atoms with Crippen LogP contribution >= 0.6 is 0 Å². The molecule has 1 aliphatic heterocycles. The third-order valence-electron chi connectivity index (χ3n) is 2.70. The molecule has 0 saturated carbocycles. The number of amides is 1. The van der Waals surface area contributed by atoms with Crippen molar-refractivity contribution < 1.29 is 9.90 Å². The van der Waals surface area contributed by atoms with Crippen LogP contribution in [0.15, 0.2) is 24.3 Å². The summed E-state index contributed by atoms with van der Waals surface area (Å²) in [4.78, 5) is 11.7. The van der Waals surface area contributed by atoms with E-state index < -0.39 is 0 Å². The molecule has 16 heavy (non-hydrogen) atoms. The first kappa shape index (κ1) is 11.0. The van der Waals surface area contributed by atoms with Gasteiger partial charge in [0.05, 0.1) is 6.42 Å². The number of rotatable bonds is 3. The molecule has 1 fully saturated rings. The van der Waals surface area contributed by atoms with Gasteiger partial charge in [-0.3, -0.25) is 4.79 Å². The van der Waals surface area contributed by atoms with Crippen LogP contribution in [0.2, 0.25) is 0 Å². The molecule has 1 amide bonds. The van der Waals surface area contributed by atoms with Crippen molar-refractivity contribution in [2.75, 3.05) is 13.1 Å². The summed E-state index contributed by atoms with van der Waals surface area (Å²) < 4.78 is 0. The van der Waals surface area contributed by atoms with Crippen molar-refractivity contribution in [2.24, 2.45) is 0 Å². The highest BCUT2D eigenvalue weighted by molar-refractivity contribution is 5.79. The van der Waals surface area contributed by atoms with Crippen molar-refractivity contribution >= 4 is 5.91 Å². The largest absolute Gasteiger partial charge is 0.508 e. The topological polar surface area (TPSA) is 61.4 Å². The van der Waals surface area contributed by atoms with Crippen LogP contribution in [0.1, 0.15) is 12.0 Å². The molecule has 3 N–H and O–H groups in total. The Morgan fingerprint density at radius 3 is 3.12 bits per heavy atom. The van der Waals surface area contributed by atoms with Crippen molar-refractivity contribution in [2.45, 2.75) is 18.9 Å². The molecule has 1 atom stereocenters. The second-order valence-corrected chi connectivity index (χ2v) is 4.10. The number of hydrogen-bond donors (Lipinski definition) is 3. The lowest BCUT2D eigenvalue weighted by atomic mass is 10.1. The van der Waals surface area contributed by atoms with Gasteiger partial charge in [0.25, 0.3) is 0 Å². The Morgan fingerprint density at radius 2 is 2.44 bits per heavy atom. The average Bonchev–Trinajstić information content (AvgIpc) is 2.70. The number of hydrogen-bond acceptors (Lipinski definition) is 3. The van der Waals surface area contributed by atoms with Crippen LogP contribution in [0.25, 0.3) is 0 Å². The summed E-state index contributed by atoms with van der Waals surface area (Å²) in [5, 5.41) is 15.4. The lowest BCUT2D eigenvalue weighted by Gasteiger charge is -2.11. The predicted molar refractivity (Wildman–Crippen MR) is 61.2 cm³/mol. The maximum Gasteiger partial charge on any atom is 0.224 e. The number of carbonyl (C=O) groups excluding carboxylic acids is 1. The van der Waals surface area contributed by atoms with Crippen LogP contribution in [0.3, 0.4) is 0 Å². The highest BCUT2D eigenvalue weighted by atomic mass is 16.3. The molecule has 0 aromatic heterocycles. The van der Waals surface area contributed by atoms with Crippen molar-refractivity contribution in [1.82, 2.24) is 10.6 Å². The number of phenols is 1. The maximum absolute atomic E-state index is 11.7. The van der Waals surface area contributed by atoms with Gasteiger partial charge in [0.2, 0.25) is 5.91 Å². The average molecular weight is 220 g/mol. The first-order chi connectivity index (χ1) is 7.74. The third-order valence-corrected chi connectivity index (χ3v) is 2.70. The smallest absolute Gasteiger partial charge is 0.224 e. The summed E-state index contributed by atoms with van der Waals surface area (Å²) in [6, 6.07) is 7.06. The van der Waals surface area contributed by atoms with Crippen LogP contribution in [0, 0.1) is 0 Å². The summed E-state index contributed by atoms with van der Waals surface area (Å²) in [5.41, 5.74) is 0.837. The zero-order chi connectivity index (χ0) is 11.4. The van der Waals surface area contributed by atoms with E-state index in [1.807, 2.05) is 6.07 Å². The Balaban J connectivity index is 1.86. The maximum atomic E-state index is 11.7. The van der Waals surface area contributed by atoms with E-state index in [0.717, 1.165) is 25.1 Å². The van der Waals surface area contributed by atoms with Crippen molar-refractivity contribution in [3.63, 3.8) is 0 Å². The monoisotopic (exact) mass is 220 g/mol. The summed E-state index contributed by atoms with van der Waals surface area (Å²) in [6.45, 7) is 1.82. The van der Waals surface area contributed by atoms with Gasteiger partial charge >= 0.3 is 0 Å². The number of benzene rings is 1. The van der Waals surface area contributed by atoms with Gasteiger partial charge in [-0.05, 0) is 30.7 Å². The highest BCUT2D eigenvalue weighted by Crippen LogP contribution is 2.11. The number of nitrogens with one attached hydrogen (secondary N) is 2. The predicted octanol–water partition coefficient (Wildman–Crippen LogP) is 0.413.